The van der Waals surface area contributed by atoms with Gasteiger partial charge in [0.05, 0.1) is 18.8 Å². The standard InChI is InChI=1S/C19H34O5/c1-3-5-6-7-8-9-10-11-13-22-16-14-18(23-12-4-2)24-17(15-20)19(16)21/h4,12,15-16,18-21H,3,5-11,13-14H2,1-2H3/b12-4-,17-15+/t16?,18-,19-/m0/s1. The van der Waals surface area contributed by atoms with E-state index in [0.717, 1.165) is 19.1 Å². The molecule has 0 saturated carbocycles. The van der Waals surface area contributed by atoms with Crippen LogP contribution < -0.4 is 0 Å². The fourth-order valence-electron chi connectivity index (χ4n) is 2.76. The second-order valence-electron chi connectivity index (χ2n) is 6.25. The molecule has 0 amide bonds. The summed E-state index contributed by atoms with van der Waals surface area (Å²) in [5, 5.41) is 19.3. The fourth-order valence-corrected chi connectivity index (χ4v) is 2.76. The first-order valence-electron chi connectivity index (χ1n) is 9.30. The molecule has 0 bridgehead atoms. The van der Waals surface area contributed by atoms with Crippen molar-refractivity contribution in [2.45, 2.75) is 90.1 Å². The second kappa shape index (κ2) is 13.1. The van der Waals surface area contributed by atoms with Gasteiger partial charge in [-0.2, -0.15) is 0 Å². The third-order valence-electron chi connectivity index (χ3n) is 4.16. The summed E-state index contributed by atoms with van der Waals surface area (Å²) in [6.45, 7) is 4.68. The summed E-state index contributed by atoms with van der Waals surface area (Å²) in [7, 11) is 0. The lowest BCUT2D eigenvalue weighted by Crippen LogP contribution is -2.42. The Morgan fingerprint density at radius 3 is 2.42 bits per heavy atom. The summed E-state index contributed by atoms with van der Waals surface area (Å²) in [6, 6.07) is 0. The molecule has 1 heterocycles. The Bertz CT molecular complexity index is 367. The van der Waals surface area contributed by atoms with Crippen molar-refractivity contribution in [1.82, 2.24) is 0 Å². The first-order valence-corrected chi connectivity index (χ1v) is 9.30. The molecule has 1 unspecified atom stereocenters. The van der Waals surface area contributed by atoms with E-state index in [4.69, 9.17) is 14.2 Å². The molecule has 1 aliphatic heterocycles. The Morgan fingerprint density at radius 1 is 1.12 bits per heavy atom. The van der Waals surface area contributed by atoms with Gasteiger partial charge in [-0.1, -0.05) is 57.9 Å². The van der Waals surface area contributed by atoms with E-state index in [1.54, 1.807) is 6.08 Å². The van der Waals surface area contributed by atoms with Crippen molar-refractivity contribution in [3.63, 3.8) is 0 Å². The maximum Gasteiger partial charge on any atom is 0.242 e. The molecule has 5 nitrogen and oxygen atoms in total. The third-order valence-corrected chi connectivity index (χ3v) is 4.16. The molecule has 0 aromatic carbocycles. The van der Waals surface area contributed by atoms with E-state index < -0.39 is 18.5 Å². The van der Waals surface area contributed by atoms with Crippen molar-refractivity contribution in [2.75, 3.05) is 6.61 Å². The van der Waals surface area contributed by atoms with E-state index >= 15 is 0 Å². The summed E-state index contributed by atoms with van der Waals surface area (Å²) in [6.07, 6.45) is 12.5. The summed E-state index contributed by atoms with van der Waals surface area (Å²) >= 11 is 0. The van der Waals surface area contributed by atoms with Crippen LogP contribution >= 0.6 is 0 Å². The van der Waals surface area contributed by atoms with Gasteiger partial charge in [0, 0.05) is 6.61 Å². The van der Waals surface area contributed by atoms with E-state index in [0.29, 0.717) is 13.0 Å². The molecule has 1 saturated heterocycles. The summed E-state index contributed by atoms with van der Waals surface area (Å²) in [4.78, 5) is 0. The van der Waals surface area contributed by atoms with Crippen LogP contribution in [0, 0.1) is 0 Å². The van der Waals surface area contributed by atoms with Crippen LogP contribution in [-0.4, -0.2) is 35.3 Å². The van der Waals surface area contributed by atoms with Crippen LogP contribution in [0.2, 0.25) is 0 Å². The van der Waals surface area contributed by atoms with Crippen molar-refractivity contribution in [2.24, 2.45) is 0 Å². The Labute approximate surface area is 146 Å². The molecule has 140 valence electrons. The molecule has 3 atom stereocenters. The number of hydrogen-bond acceptors (Lipinski definition) is 5. The largest absolute Gasteiger partial charge is 0.512 e. The summed E-state index contributed by atoms with van der Waals surface area (Å²) in [5.41, 5.74) is 0. The van der Waals surface area contributed by atoms with Crippen LogP contribution in [0.4, 0.5) is 0 Å². The van der Waals surface area contributed by atoms with Crippen LogP contribution in [0.5, 0.6) is 0 Å². The molecule has 0 spiro atoms. The zero-order chi connectivity index (χ0) is 17.6. The minimum absolute atomic E-state index is 0.0941. The number of hydrogen-bond donors (Lipinski definition) is 2. The van der Waals surface area contributed by atoms with Crippen LogP contribution in [-0.2, 0) is 14.2 Å². The molecule has 1 aliphatic rings. The van der Waals surface area contributed by atoms with Gasteiger partial charge in [-0.25, -0.2) is 0 Å². The summed E-state index contributed by atoms with van der Waals surface area (Å²) < 4.78 is 16.6. The summed E-state index contributed by atoms with van der Waals surface area (Å²) in [5.74, 6) is 0.0941. The first-order chi connectivity index (χ1) is 11.7. The number of aliphatic hydroxyl groups excluding tert-OH is 2. The number of ether oxygens (including phenoxy) is 3. The van der Waals surface area contributed by atoms with Gasteiger partial charge in [0.2, 0.25) is 6.29 Å². The molecule has 0 aromatic heterocycles. The van der Waals surface area contributed by atoms with Gasteiger partial charge in [-0.05, 0) is 13.3 Å². The molecule has 0 aromatic rings. The average molecular weight is 342 g/mol. The lowest BCUT2D eigenvalue weighted by atomic mass is 10.1. The van der Waals surface area contributed by atoms with Crippen molar-refractivity contribution < 1.29 is 24.4 Å². The van der Waals surface area contributed by atoms with Gasteiger partial charge >= 0.3 is 0 Å². The normalized spacial score (nSPS) is 26.0. The van der Waals surface area contributed by atoms with E-state index in [1.807, 2.05) is 6.92 Å². The van der Waals surface area contributed by atoms with Crippen LogP contribution in [0.1, 0.15) is 71.6 Å². The zero-order valence-corrected chi connectivity index (χ0v) is 15.2. The van der Waals surface area contributed by atoms with E-state index in [2.05, 4.69) is 6.92 Å². The van der Waals surface area contributed by atoms with Gasteiger partial charge < -0.3 is 24.4 Å². The SMILES string of the molecule is C/C=C\O[C@@H]1CC(OCCCCCCCCCC)[C@H](O)/C(=C\O)O1. The lowest BCUT2D eigenvalue weighted by molar-refractivity contribution is -0.177. The van der Waals surface area contributed by atoms with Gasteiger partial charge in [0.1, 0.15) is 12.4 Å². The maximum absolute atomic E-state index is 10.1. The molecular weight excluding hydrogens is 308 g/mol. The lowest BCUT2D eigenvalue weighted by Gasteiger charge is -2.34. The van der Waals surface area contributed by atoms with Gasteiger partial charge in [0.15, 0.2) is 5.76 Å². The molecule has 2 N–H and O–H groups in total. The van der Waals surface area contributed by atoms with E-state index in [1.165, 1.54) is 44.8 Å². The van der Waals surface area contributed by atoms with Gasteiger partial charge in [-0.3, -0.25) is 0 Å². The number of allylic oxidation sites excluding steroid dienone is 1. The molecule has 1 fully saturated rings. The van der Waals surface area contributed by atoms with Crippen molar-refractivity contribution >= 4 is 0 Å². The number of aliphatic hydroxyl groups is 2. The number of rotatable bonds is 12. The van der Waals surface area contributed by atoms with Crippen LogP contribution in [0.3, 0.4) is 0 Å². The predicted octanol–water partition coefficient (Wildman–Crippen LogP) is 4.57. The third kappa shape index (κ3) is 8.06. The monoisotopic (exact) mass is 342 g/mol. The average Bonchev–Trinajstić information content (AvgIpc) is 2.60. The zero-order valence-electron chi connectivity index (χ0n) is 15.2. The van der Waals surface area contributed by atoms with Crippen molar-refractivity contribution in [3.05, 3.63) is 24.4 Å². The second-order valence-corrected chi connectivity index (χ2v) is 6.25. The highest BCUT2D eigenvalue weighted by molar-refractivity contribution is 5.03. The van der Waals surface area contributed by atoms with Crippen LogP contribution in [0.15, 0.2) is 24.4 Å². The van der Waals surface area contributed by atoms with Crippen molar-refractivity contribution in [1.29, 1.82) is 0 Å². The Balaban J connectivity index is 2.21. The topological polar surface area (TPSA) is 68.2 Å². The van der Waals surface area contributed by atoms with Gasteiger partial charge in [0.25, 0.3) is 0 Å². The first kappa shape index (κ1) is 20.8. The van der Waals surface area contributed by atoms with Crippen LogP contribution in [0.25, 0.3) is 0 Å². The Kier molecular flexibility index (Phi) is 11.4. The predicted molar refractivity (Wildman–Crippen MR) is 94.5 cm³/mol. The molecule has 24 heavy (non-hydrogen) atoms. The van der Waals surface area contributed by atoms with Gasteiger partial charge in [-0.15, -0.1) is 0 Å². The Hall–Kier alpha value is -1.20. The molecule has 0 radical (unpaired) electrons. The minimum atomic E-state index is -0.950. The molecule has 0 aliphatic carbocycles. The highest BCUT2D eigenvalue weighted by Gasteiger charge is 2.36. The highest BCUT2D eigenvalue weighted by Crippen LogP contribution is 2.26. The molecular formula is C19H34O5. The smallest absolute Gasteiger partial charge is 0.242 e. The fraction of sp³-hybridized carbons (Fsp3) is 0.789. The molecule has 1 rings (SSSR count). The van der Waals surface area contributed by atoms with E-state index in [-0.39, 0.29) is 5.76 Å². The van der Waals surface area contributed by atoms with Crippen molar-refractivity contribution in [3.8, 4) is 0 Å². The highest BCUT2D eigenvalue weighted by atomic mass is 16.7. The number of unbranched alkanes of at least 4 members (excludes halogenated alkanes) is 7. The minimum Gasteiger partial charge on any atom is -0.512 e. The Morgan fingerprint density at radius 2 is 1.79 bits per heavy atom. The molecule has 5 heteroatoms. The quantitative estimate of drug-likeness (QED) is 0.402. The maximum atomic E-state index is 10.1. The van der Waals surface area contributed by atoms with E-state index in [9.17, 15) is 10.2 Å².